The Bertz CT molecular complexity index is 702. The third-order valence-electron chi connectivity index (χ3n) is 3.59. The number of benzene rings is 1. The number of amides is 1. The van der Waals surface area contributed by atoms with E-state index in [-0.39, 0.29) is 23.1 Å². The lowest BCUT2D eigenvalue weighted by molar-refractivity contribution is -0.385. The highest BCUT2D eigenvalue weighted by Crippen LogP contribution is 2.28. The van der Waals surface area contributed by atoms with Gasteiger partial charge in [-0.2, -0.15) is 5.26 Å². The van der Waals surface area contributed by atoms with Gasteiger partial charge < -0.3 is 14.8 Å². The molecule has 1 amide bonds. The van der Waals surface area contributed by atoms with Crippen LogP contribution in [0.1, 0.15) is 18.4 Å². The van der Waals surface area contributed by atoms with Crippen molar-refractivity contribution in [3.63, 3.8) is 0 Å². The maximum atomic E-state index is 12.1. The molecule has 1 aromatic rings. The minimum absolute atomic E-state index is 0.0315. The minimum Gasteiger partial charge on any atom is -0.490 e. The Kier molecular flexibility index (Phi) is 5.87. The summed E-state index contributed by atoms with van der Waals surface area (Å²) in [7, 11) is 1.33. The molecule has 1 saturated heterocycles. The number of carbonyl (C=O) groups is 1. The number of nitro benzene ring substituents is 1. The first kappa shape index (κ1) is 17.4. The Morgan fingerprint density at radius 3 is 3.00 bits per heavy atom. The third-order valence-corrected chi connectivity index (χ3v) is 3.59. The molecule has 1 N–H and O–H groups in total. The maximum absolute atomic E-state index is 12.1. The number of nitrogens with one attached hydrogen (secondary N) is 1. The van der Waals surface area contributed by atoms with Gasteiger partial charge in [0, 0.05) is 19.2 Å². The Balaban J connectivity index is 2.14. The van der Waals surface area contributed by atoms with E-state index in [0.29, 0.717) is 18.7 Å². The third kappa shape index (κ3) is 4.30. The molecule has 0 aromatic heterocycles. The average molecular weight is 331 g/mol. The van der Waals surface area contributed by atoms with Crippen molar-refractivity contribution in [1.29, 1.82) is 5.26 Å². The predicted octanol–water partition coefficient (Wildman–Crippen LogP) is 1.81. The summed E-state index contributed by atoms with van der Waals surface area (Å²) in [4.78, 5) is 22.5. The molecule has 1 unspecified atom stereocenters. The van der Waals surface area contributed by atoms with Crippen molar-refractivity contribution in [3.8, 4) is 11.8 Å². The van der Waals surface area contributed by atoms with Crippen LogP contribution in [0, 0.1) is 21.4 Å². The quantitative estimate of drug-likeness (QED) is 0.368. The minimum atomic E-state index is -0.584. The first-order valence-corrected chi connectivity index (χ1v) is 7.39. The standard InChI is InChI=1S/C16H17N3O5/c1-23-15-5-4-11(8-14(15)19(21)22)7-12(9-17)16(20)18-10-13-3-2-6-24-13/h4-5,7-8,13H,2-3,6,10H2,1H3,(H,18,20). The van der Waals surface area contributed by atoms with E-state index in [1.54, 1.807) is 0 Å². The van der Waals surface area contributed by atoms with E-state index in [4.69, 9.17) is 14.7 Å². The number of rotatable bonds is 6. The first-order chi connectivity index (χ1) is 11.5. The highest BCUT2D eigenvalue weighted by molar-refractivity contribution is 6.01. The van der Waals surface area contributed by atoms with Crippen LogP contribution in [0.25, 0.3) is 6.08 Å². The van der Waals surface area contributed by atoms with Gasteiger partial charge in [0.1, 0.15) is 11.6 Å². The fourth-order valence-corrected chi connectivity index (χ4v) is 2.36. The molecule has 8 heteroatoms. The molecule has 0 aliphatic carbocycles. The Hall–Kier alpha value is -2.92. The molecule has 0 spiro atoms. The molecule has 0 radical (unpaired) electrons. The summed E-state index contributed by atoms with van der Waals surface area (Å²) in [5, 5.41) is 22.8. The number of nitrogens with zero attached hydrogens (tertiary/aromatic N) is 2. The molecular weight excluding hydrogens is 314 g/mol. The highest BCUT2D eigenvalue weighted by atomic mass is 16.6. The zero-order valence-corrected chi connectivity index (χ0v) is 13.2. The lowest BCUT2D eigenvalue weighted by atomic mass is 10.1. The zero-order chi connectivity index (χ0) is 17.5. The normalized spacial score (nSPS) is 17.2. The lowest BCUT2D eigenvalue weighted by Crippen LogP contribution is -2.32. The van der Waals surface area contributed by atoms with Crippen LogP contribution in [0.3, 0.4) is 0 Å². The van der Waals surface area contributed by atoms with Crippen LogP contribution in [-0.2, 0) is 9.53 Å². The summed E-state index contributed by atoms with van der Waals surface area (Å²) in [5.41, 5.74) is 0.00193. The van der Waals surface area contributed by atoms with Gasteiger partial charge in [-0.05, 0) is 30.5 Å². The van der Waals surface area contributed by atoms with Gasteiger partial charge in [-0.15, -0.1) is 0 Å². The molecule has 126 valence electrons. The van der Waals surface area contributed by atoms with E-state index >= 15 is 0 Å². The van der Waals surface area contributed by atoms with E-state index < -0.39 is 10.8 Å². The predicted molar refractivity (Wildman–Crippen MR) is 85.2 cm³/mol. The lowest BCUT2D eigenvalue weighted by Gasteiger charge is -2.10. The van der Waals surface area contributed by atoms with Crippen molar-refractivity contribution < 1.29 is 19.2 Å². The summed E-state index contributed by atoms with van der Waals surface area (Å²) in [5.74, 6) is -0.426. The van der Waals surface area contributed by atoms with Crippen LogP contribution in [0.5, 0.6) is 5.75 Å². The molecule has 8 nitrogen and oxygen atoms in total. The van der Waals surface area contributed by atoms with Gasteiger partial charge in [0.15, 0.2) is 5.75 Å². The van der Waals surface area contributed by atoms with Gasteiger partial charge in [0.2, 0.25) is 0 Å². The molecule has 1 heterocycles. The van der Waals surface area contributed by atoms with Crippen molar-refractivity contribution in [1.82, 2.24) is 5.32 Å². The summed E-state index contributed by atoms with van der Waals surface area (Å²) in [6, 6.07) is 6.02. The molecule has 1 atom stereocenters. The molecule has 0 bridgehead atoms. The van der Waals surface area contributed by atoms with Crippen molar-refractivity contribution in [3.05, 3.63) is 39.4 Å². The molecule has 1 fully saturated rings. The summed E-state index contributed by atoms with van der Waals surface area (Å²) in [6.07, 6.45) is 3.10. The molecular formula is C16H17N3O5. The summed E-state index contributed by atoms with van der Waals surface area (Å²) < 4.78 is 10.3. The number of hydrogen-bond acceptors (Lipinski definition) is 6. The van der Waals surface area contributed by atoms with Crippen LogP contribution in [0.4, 0.5) is 5.69 Å². The van der Waals surface area contributed by atoms with Crippen molar-refractivity contribution in [2.75, 3.05) is 20.3 Å². The summed E-state index contributed by atoms with van der Waals surface area (Å²) >= 11 is 0. The smallest absolute Gasteiger partial charge is 0.311 e. The Morgan fingerprint density at radius 1 is 1.62 bits per heavy atom. The fourth-order valence-electron chi connectivity index (χ4n) is 2.36. The van der Waals surface area contributed by atoms with Crippen molar-refractivity contribution in [2.45, 2.75) is 18.9 Å². The Labute approximate surface area is 138 Å². The van der Waals surface area contributed by atoms with Gasteiger partial charge in [0.05, 0.1) is 18.1 Å². The first-order valence-electron chi connectivity index (χ1n) is 7.39. The number of methoxy groups -OCH3 is 1. The second-order valence-electron chi connectivity index (χ2n) is 5.20. The number of carbonyl (C=O) groups excluding carboxylic acids is 1. The topological polar surface area (TPSA) is 114 Å². The molecule has 1 aliphatic heterocycles. The largest absolute Gasteiger partial charge is 0.490 e. The summed E-state index contributed by atoms with van der Waals surface area (Å²) in [6.45, 7) is 1.01. The molecule has 1 aliphatic rings. The number of hydrogen-bond donors (Lipinski definition) is 1. The molecule has 1 aromatic carbocycles. The van der Waals surface area contributed by atoms with E-state index in [1.165, 1.54) is 31.4 Å². The highest BCUT2D eigenvalue weighted by Gasteiger charge is 2.18. The van der Waals surface area contributed by atoms with Gasteiger partial charge >= 0.3 is 5.69 Å². The van der Waals surface area contributed by atoms with Crippen molar-refractivity contribution in [2.24, 2.45) is 0 Å². The Morgan fingerprint density at radius 2 is 2.42 bits per heavy atom. The van der Waals surface area contributed by atoms with E-state index in [0.717, 1.165) is 12.8 Å². The van der Waals surface area contributed by atoms with Crippen LogP contribution in [-0.4, -0.2) is 37.2 Å². The second kappa shape index (κ2) is 8.08. The van der Waals surface area contributed by atoms with Gasteiger partial charge in [-0.1, -0.05) is 6.07 Å². The van der Waals surface area contributed by atoms with Crippen LogP contribution >= 0.6 is 0 Å². The molecule has 24 heavy (non-hydrogen) atoms. The average Bonchev–Trinajstić information content (AvgIpc) is 3.10. The number of nitriles is 1. The van der Waals surface area contributed by atoms with E-state index in [9.17, 15) is 14.9 Å². The van der Waals surface area contributed by atoms with Gasteiger partial charge in [-0.3, -0.25) is 14.9 Å². The van der Waals surface area contributed by atoms with Gasteiger partial charge in [-0.25, -0.2) is 0 Å². The second-order valence-corrected chi connectivity index (χ2v) is 5.20. The van der Waals surface area contributed by atoms with Crippen LogP contribution in [0.2, 0.25) is 0 Å². The van der Waals surface area contributed by atoms with Crippen LogP contribution in [0.15, 0.2) is 23.8 Å². The van der Waals surface area contributed by atoms with E-state index in [1.807, 2.05) is 6.07 Å². The maximum Gasteiger partial charge on any atom is 0.311 e. The number of ether oxygens (including phenoxy) is 2. The van der Waals surface area contributed by atoms with Crippen molar-refractivity contribution >= 4 is 17.7 Å². The molecule has 0 saturated carbocycles. The SMILES string of the molecule is COc1ccc(C=C(C#N)C(=O)NCC2CCCO2)cc1[N+](=O)[O-]. The zero-order valence-electron chi connectivity index (χ0n) is 13.2. The fraction of sp³-hybridized carbons (Fsp3) is 0.375. The van der Waals surface area contributed by atoms with E-state index in [2.05, 4.69) is 5.32 Å². The van der Waals surface area contributed by atoms with Crippen LogP contribution < -0.4 is 10.1 Å². The molecule has 2 rings (SSSR count). The van der Waals surface area contributed by atoms with Gasteiger partial charge in [0.25, 0.3) is 5.91 Å². The number of nitro groups is 1. The monoisotopic (exact) mass is 331 g/mol.